The van der Waals surface area contributed by atoms with Gasteiger partial charge in [-0.05, 0) is 41.6 Å². The molecule has 0 aliphatic rings. The van der Waals surface area contributed by atoms with Crippen LogP contribution in [0.2, 0.25) is 5.02 Å². The Morgan fingerprint density at radius 1 is 1.62 bits per heavy atom. The molecule has 0 aromatic heterocycles. The molecule has 0 saturated carbocycles. The molecular weight excluding hydrogens is 300 g/mol. The minimum Gasteiger partial charge on any atom is -0.295 e. The van der Waals surface area contributed by atoms with Crippen LogP contribution in [0.25, 0.3) is 0 Å². The highest BCUT2D eigenvalue weighted by atomic mass is 127. The van der Waals surface area contributed by atoms with Gasteiger partial charge in [0, 0.05) is 9.13 Å². The largest absolute Gasteiger partial charge is 0.295 e. The van der Waals surface area contributed by atoms with Gasteiger partial charge in [0.05, 0.1) is 10.6 Å². The molecule has 0 atom stereocenters. The van der Waals surface area contributed by atoms with Crippen LogP contribution in [0.3, 0.4) is 0 Å². The molecule has 0 fully saturated rings. The van der Waals surface area contributed by atoms with Crippen LogP contribution in [0.1, 0.15) is 22.8 Å². The van der Waals surface area contributed by atoms with E-state index < -0.39 is 0 Å². The Morgan fingerprint density at radius 3 is 2.69 bits per heavy atom. The second-order valence-electron chi connectivity index (χ2n) is 2.49. The highest BCUT2D eigenvalue weighted by molar-refractivity contribution is 14.1. The summed E-state index contributed by atoms with van der Waals surface area (Å²) in [5.41, 5.74) is 0.865. The molecular formula is C9H5ClINO. The van der Waals surface area contributed by atoms with Crippen molar-refractivity contribution in [1.29, 1.82) is 5.26 Å². The molecule has 0 N–H and O–H groups in total. The molecule has 0 bridgehead atoms. The molecule has 66 valence electrons. The van der Waals surface area contributed by atoms with Crippen molar-refractivity contribution in [3.05, 3.63) is 31.9 Å². The molecule has 4 heteroatoms. The van der Waals surface area contributed by atoms with E-state index in [0.717, 1.165) is 3.57 Å². The first-order valence-corrected chi connectivity index (χ1v) is 4.92. The van der Waals surface area contributed by atoms with Crippen LogP contribution in [-0.2, 0) is 0 Å². The maximum absolute atomic E-state index is 11.0. The Labute approximate surface area is 94.6 Å². The zero-order valence-electron chi connectivity index (χ0n) is 6.77. The van der Waals surface area contributed by atoms with Crippen molar-refractivity contribution < 1.29 is 4.79 Å². The standard InChI is InChI=1S/C9H5ClINO/c1-5(13)6-2-7(4-12)9(10)8(11)3-6/h2-3H,1H3. The van der Waals surface area contributed by atoms with E-state index >= 15 is 0 Å². The van der Waals surface area contributed by atoms with Crippen molar-refractivity contribution in [3.8, 4) is 6.07 Å². The minimum absolute atomic E-state index is 0.0638. The fourth-order valence-corrected chi connectivity index (χ4v) is 1.65. The topological polar surface area (TPSA) is 40.9 Å². The summed E-state index contributed by atoms with van der Waals surface area (Å²) >= 11 is 7.83. The summed E-state index contributed by atoms with van der Waals surface area (Å²) in [6.07, 6.45) is 0. The van der Waals surface area contributed by atoms with Crippen molar-refractivity contribution in [2.45, 2.75) is 6.92 Å². The van der Waals surface area contributed by atoms with E-state index in [1.807, 2.05) is 28.7 Å². The van der Waals surface area contributed by atoms with Gasteiger partial charge in [-0.25, -0.2) is 0 Å². The van der Waals surface area contributed by atoms with Crippen LogP contribution in [0, 0.1) is 14.9 Å². The molecule has 0 aliphatic carbocycles. The van der Waals surface area contributed by atoms with Crippen molar-refractivity contribution in [1.82, 2.24) is 0 Å². The Balaban J connectivity index is 3.41. The number of hydrogen-bond acceptors (Lipinski definition) is 2. The SMILES string of the molecule is CC(=O)c1cc(I)c(Cl)c(C#N)c1. The second kappa shape index (κ2) is 4.07. The lowest BCUT2D eigenvalue weighted by Gasteiger charge is -2.01. The molecule has 0 radical (unpaired) electrons. The quantitative estimate of drug-likeness (QED) is 0.591. The number of benzene rings is 1. The minimum atomic E-state index is -0.0638. The number of carbonyl (C=O) groups excluding carboxylic acids is 1. The molecule has 0 saturated heterocycles. The Hall–Kier alpha value is -0.600. The van der Waals surface area contributed by atoms with Gasteiger partial charge in [0.2, 0.25) is 0 Å². The highest BCUT2D eigenvalue weighted by Crippen LogP contribution is 2.24. The lowest BCUT2D eigenvalue weighted by molar-refractivity contribution is 0.101. The molecule has 0 spiro atoms. The van der Waals surface area contributed by atoms with Crippen LogP contribution in [0.15, 0.2) is 12.1 Å². The van der Waals surface area contributed by atoms with Gasteiger partial charge in [-0.1, -0.05) is 11.6 Å². The fourth-order valence-electron chi connectivity index (χ4n) is 0.874. The van der Waals surface area contributed by atoms with Gasteiger partial charge < -0.3 is 0 Å². The average molecular weight is 306 g/mol. The zero-order valence-corrected chi connectivity index (χ0v) is 9.68. The summed E-state index contributed by atoms with van der Waals surface area (Å²) < 4.78 is 0.725. The normalized spacial score (nSPS) is 9.38. The molecule has 0 unspecified atom stereocenters. The van der Waals surface area contributed by atoms with E-state index in [1.165, 1.54) is 13.0 Å². The summed E-state index contributed by atoms with van der Waals surface area (Å²) in [5.74, 6) is -0.0638. The van der Waals surface area contributed by atoms with Crippen molar-refractivity contribution >= 4 is 40.0 Å². The van der Waals surface area contributed by atoms with Gasteiger partial charge >= 0.3 is 0 Å². The van der Waals surface area contributed by atoms with Crippen LogP contribution >= 0.6 is 34.2 Å². The van der Waals surface area contributed by atoms with E-state index in [4.69, 9.17) is 16.9 Å². The van der Waals surface area contributed by atoms with Gasteiger partial charge in [-0.2, -0.15) is 5.26 Å². The highest BCUT2D eigenvalue weighted by Gasteiger charge is 2.08. The Morgan fingerprint density at radius 2 is 2.23 bits per heavy atom. The molecule has 13 heavy (non-hydrogen) atoms. The van der Waals surface area contributed by atoms with Crippen LogP contribution in [0.5, 0.6) is 0 Å². The Bertz CT molecular complexity index is 409. The average Bonchev–Trinajstić information content (AvgIpc) is 2.09. The Kier molecular flexibility index (Phi) is 3.28. The van der Waals surface area contributed by atoms with Crippen molar-refractivity contribution in [3.63, 3.8) is 0 Å². The number of rotatable bonds is 1. The molecule has 0 amide bonds. The summed E-state index contributed by atoms with van der Waals surface area (Å²) in [6.45, 7) is 1.46. The predicted molar refractivity (Wildman–Crippen MR) is 58.9 cm³/mol. The first-order chi connectivity index (χ1) is 6.06. The maximum Gasteiger partial charge on any atom is 0.159 e. The van der Waals surface area contributed by atoms with Crippen molar-refractivity contribution in [2.75, 3.05) is 0 Å². The van der Waals surface area contributed by atoms with E-state index in [1.54, 1.807) is 6.07 Å². The fraction of sp³-hybridized carbons (Fsp3) is 0.111. The number of ketones is 1. The smallest absolute Gasteiger partial charge is 0.159 e. The number of hydrogen-bond donors (Lipinski definition) is 0. The molecule has 2 nitrogen and oxygen atoms in total. The third kappa shape index (κ3) is 2.20. The van der Waals surface area contributed by atoms with Gasteiger partial charge in [-0.15, -0.1) is 0 Å². The van der Waals surface area contributed by atoms with E-state index in [2.05, 4.69) is 0 Å². The zero-order chi connectivity index (χ0) is 10.0. The van der Waals surface area contributed by atoms with Gasteiger partial charge in [-0.3, -0.25) is 4.79 Å². The summed E-state index contributed by atoms with van der Waals surface area (Å²) in [7, 11) is 0. The predicted octanol–water partition coefficient (Wildman–Crippen LogP) is 3.02. The van der Waals surface area contributed by atoms with Crippen LogP contribution in [0.4, 0.5) is 0 Å². The number of Topliss-reactive ketones (excluding diaryl/α,β-unsaturated/α-hetero) is 1. The van der Waals surface area contributed by atoms with E-state index in [9.17, 15) is 4.79 Å². The summed E-state index contributed by atoms with van der Waals surface area (Å²) in [5, 5.41) is 9.11. The lowest BCUT2D eigenvalue weighted by atomic mass is 10.1. The molecule has 1 aromatic rings. The molecule has 1 rings (SSSR count). The van der Waals surface area contributed by atoms with Crippen LogP contribution in [-0.4, -0.2) is 5.78 Å². The monoisotopic (exact) mass is 305 g/mol. The summed E-state index contributed by atoms with van der Waals surface area (Å²) in [4.78, 5) is 11.0. The van der Waals surface area contributed by atoms with Crippen molar-refractivity contribution in [2.24, 2.45) is 0 Å². The summed E-state index contributed by atoms with van der Waals surface area (Å²) in [6, 6.07) is 5.12. The molecule has 0 heterocycles. The number of nitriles is 1. The van der Waals surface area contributed by atoms with Gasteiger partial charge in [0.15, 0.2) is 5.78 Å². The third-order valence-electron chi connectivity index (χ3n) is 1.56. The van der Waals surface area contributed by atoms with Gasteiger partial charge in [0.1, 0.15) is 6.07 Å². The number of carbonyl (C=O) groups is 1. The number of nitrogens with zero attached hydrogens (tertiary/aromatic N) is 1. The molecule has 0 aliphatic heterocycles. The molecule has 1 aromatic carbocycles. The van der Waals surface area contributed by atoms with Gasteiger partial charge in [0.25, 0.3) is 0 Å². The maximum atomic E-state index is 11.0. The first kappa shape index (κ1) is 10.5. The lowest BCUT2D eigenvalue weighted by Crippen LogP contribution is -1.95. The van der Waals surface area contributed by atoms with E-state index in [-0.39, 0.29) is 5.78 Å². The second-order valence-corrected chi connectivity index (χ2v) is 4.03. The third-order valence-corrected chi connectivity index (χ3v) is 3.13. The van der Waals surface area contributed by atoms with E-state index in [0.29, 0.717) is 16.1 Å². The number of halogens is 2. The van der Waals surface area contributed by atoms with Crippen LogP contribution < -0.4 is 0 Å². The first-order valence-electron chi connectivity index (χ1n) is 3.46.